The lowest BCUT2D eigenvalue weighted by atomic mass is 10.00. The van der Waals surface area contributed by atoms with Crippen LogP contribution < -0.4 is 31.3 Å². The van der Waals surface area contributed by atoms with Crippen molar-refractivity contribution in [2.24, 2.45) is 0 Å². The van der Waals surface area contributed by atoms with E-state index in [1.165, 1.54) is 22.3 Å². The van der Waals surface area contributed by atoms with Gasteiger partial charge in [-0.25, -0.2) is 0 Å². The van der Waals surface area contributed by atoms with Crippen molar-refractivity contribution >= 4 is 58.5 Å². The highest BCUT2D eigenvalue weighted by Gasteiger charge is 2.28. The quantitative estimate of drug-likeness (QED) is 0.134. The van der Waals surface area contributed by atoms with Gasteiger partial charge in [-0.2, -0.15) is 0 Å². The molecule has 2 amide bonds. The number of rotatable bonds is 10. The molecule has 4 saturated heterocycles. The van der Waals surface area contributed by atoms with Gasteiger partial charge in [0.05, 0.1) is 63.9 Å². The zero-order valence-electron chi connectivity index (χ0n) is 44.5. The average molecular weight is 1100 g/mol. The number of fused-ring (bicyclic) bond motifs is 4. The van der Waals surface area contributed by atoms with Crippen LogP contribution in [0.15, 0.2) is 135 Å². The number of benzene rings is 4. The van der Waals surface area contributed by atoms with Crippen LogP contribution in [0.3, 0.4) is 0 Å². The van der Waals surface area contributed by atoms with Crippen LogP contribution in [0.1, 0.15) is 49.9 Å². The lowest BCUT2D eigenvalue weighted by Gasteiger charge is -2.34. The van der Waals surface area contributed by atoms with E-state index in [9.17, 15) is 19.2 Å². The van der Waals surface area contributed by atoms with E-state index in [4.69, 9.17) is 27.8 Å². The third-order valence-electron chi connectivity index (χ3n) is 14.5. The molecule has 4 aromatic carbocycles. The summed E-state index contributed by atoms with van der Waals surface area (Å²) < 4.78 is 35.0. The molecule has 0 saturated carbocycles. The Bertz CT molecular complexity index is 3070. The van der Waals surface area contributed by atoms with E-state index >= 15 is 0 Å². The second kappa shape index (κ2) is 24.0. The molecular weight excluding hydrogens is 1030 g/mol. The molecule has 4 fully saturated rings. The molecule has 2 aromatic heterocycles. The summed E-state index contributed by atoms with van der Waals surface area (Å²) in [6.45, 7) is 17.2. The zero-order chi connectivity index (χ0) is 53.9. The number of hydrogen-bond donors (Lipinski definition) is 2. The summed E-state index contributed by atoms with van der Waals surface area (Å²) in [4.78, 5) is 63.7. The van der Waals surface area contributed by atoms with Crippen molar-refractivity contribution in [1.82, 2.24) is 9.80 Å². The Kier molecular flexibility index (Phi) is 16.6. The summed E-state index contributed by atoms with van der Waals surface area (Å²) >= 11 is 3.35. The molecule has 0 unspecified atom stereocenters. The van der Waals surface area contributed by atoms with E-state index in [0.717, 1.165) is 81.1 Å². The molecule has 0 spiro atoms. The molecule has 0 bridgehead atoms. The molecular formula is C60H66N6O10S2. The summed E-state index contributed by atoms with van der Waals surface area (Å²) in [5, 5.41) is 6.16. The normalized spacial score (nSPS) is 21.2. The third-order valence-corrected chi connectivity index (χ3v) is 17.1. The third kappa shape index (κ3) is 12.9. The van der Waals surface area contributed by atoms with Crippen LogP contribution in [0.5, 0.6) is 0 Å². The number of carbonyl (C=O) groups is 2. The molecule has 6 aromatic rings. The Morgan fingerprint density at radius 2 is 0.910 bits per heavy atom. The summed E-state index contributed by atoms with van der Waals surface area (Å²) in [7, 11) is 0. The van der Waals surface area contributed by atoms with E-state index in [0.29, 0.717) is 89.0 Å². The van der Waals surface area contributed by atoms with E-state index in [1.54, 1.807) is 47.8 Å². The summed E-state index contributed by atoms with van der Waals surface area (Å²) in [5.41, 5.74) is 7.97. The van der Waals surface area contributed by atoms with Crippen LogP contribution in [0.25, 0.3) is 22.6 Å². The SMILES string of the molecule is C[C@@H]1CN(CC(=O)Nc2ccc3c(c2)Cc2cccc(-c4cc(=O)cc(N5CCOCC5)o4)c2S3)C[C@@H](C)O1.C[C@H]1CN(CC(=O)Nc2ccc3c(c2)Cc2cccc(-c4cc(=O)cc(N5CCOCC5)o4)c2S3)C[C@H](C)O1. The second-order valence-corrected chi connectivity index (χ2v) is 23.1. The monoisotopic (exact) mass is 1090 g/mol. The number of nitrogens with one attached hydrogen (secondary N) is 2. The maximum atomic E-state index is 12.8. The fourth-order valence-corrected chi connectivity index (χ4v) is 13.5. The molecule has 6 aliphatic rings. The topological polar surface area (TPSA) is 168 Å². The Labute approximate surface area is 462 Å². The Morgan fingerprint density at radius 3 is 1.31 bits per heavy atom. The first-order valence-corrected chi connectivity index (χ1v) is 28.6. The van der Waals surface area contributed by atoms with Crippen molar-refractivity contribution in [3.63, 3.8) is 0 Å². The predicted molar refractivity (Wildman–Crippen MR) is 304 cm³/mol. The summed E-state index contributed by atoms with van der Waals surface area (Å²) in [5.74, 6) is 2.29. The number of anilines is 4. The zero-order valence-corrected chi connectivity index (χ0v) is 46.2. The van der Waals surface area contributed by atoms with Crippen molar-refractivity contribution in [2.75, 3.05) is 112 Å². The minimum absolute atomic E-state index is 0.0161. The Balaban J connectivity index is 0.000000165. The summed E-state index contributed by atoms with van der Waals surface area (Å²) in [6, 6.07) is 30.7. The van der Waals surface area contributed by atoms with Crippen molar-refractivity contribution < 1.29 is 37.4 Å². The lowest BCUT2D eigenvalue weighted by Crippen LogP contribution is -2.48. The molecule has 4 atom stereocenters. The molecule has 16 nitrogen and oxygen atoms in total. The van der Waals surface area contributed by atoms with E-state index in [2.05, 4.69) is 66.6 Å². The highest BCUT2D eigenvalue weighted by molar-refractivity contribution is 8.00. The fraction of sp³-hybridized carbons (Fsp3) is 0.400. The number of carbonyl (C=O) groups excluding carboxylic acids is 2. The van der Waals surface area contributed by atoms with Crippen molar-refractivity contribution in [3.05, 3.63) is 140 Å². The fourth-order valence-electron chi connectivity index (χ4n) is 11.2. The minimum atomic E-state index is -0.0714. The lowest BCUT2D eigenvalue weighted by molar-refractivity contribution is -0.122. The van der Waals surface area contributed by atoms with Crippen LogP contribution in [-0.4, -0.2) is 138 Å². The molecule has 2 N–H and O–H groups in total. The van der Waals surface area contributed by atoms with E-state index in [1.807, 2.05) is 64.1 Å². The van der Waals surface area contributed by atoms with Crippen LogP contribution in [0, 0.1) is 0 Å². The van der Waals surface area contributed by atoms with Gasteiger partial charge in [0.15, 0.2) is 22.6 Å². The number of ether oxygens (including phenoxy) is 4. The average Bonchev–Trinajstić information content (AvgIpc) is 3.54. The Hall–Kier alpha value is -6.22. The molecule has 0 aliphatic carbocycles. The molecule has 8 heterocycles. The molecule has 18 heteroatoms. The second-order valence-electron chi connectivity index (χ2n) is 21.0. The molecule has 78 heavy (non-hydrogen) atoms. The van der Waals surface area contributed by atoms with Crippen LogP contribution in [0.4, 0.5) is 23.1 Å². The number of amides is 2. The van der Waals surface area contributed by atoms with Gasteiger partial charge >= 0.3 is 0 Å². The largest absolute Gasteiger partial charge is 0.440 e. The van der Waals surface area contributed by atoms with Gasteiger partial charge in [-0.1, -0.05) is 59.9 Å². The smallest absolute Gasteiger partial charge is 0.238 e. The highest BCUT2D eigenvalue weighted by Crippen LogP contribution is 2.47. The van der Waals surface area contributed by atoms with Crippen molar-refractivity contribution in [1.29, 1.82) is 0 Å². The van der Waals surface area contributed by atoms with Crippen LogP contribution in [0.2, 0.25) is 0 Å². The molecule has 6 aliphatic heterocycles. The number of hydrogen-bond acceptors (Lipinski definition) is 16. The van der Waals surface area contributed by atoms with Gasteiger partial charge in [0.1, 0.15) is 11.5 Å². The van der Waals surface area contributed by atoms with Gasteiger partial charge in [-0.3, -0.25) is 29.0 Å². The standard InChI is InChI=1S/2C30H33N3O5S/c2*1-19-16-32(17-20(2)37-19)18-28(35)31-23-6-7-27-22(13-23)12-21-4-3-5-25(30(21)39-27)26-14-24(34)15-29(38-26)33-8-10-36-11-9-33/h2*3-7,13-15,19-20H,8-12,16-18H2,1-2H3,(H,31,35)/t2*19-,20-/m10/s1. The first kappa shape index (κ1) is 53.8. The predicted octanol–water partition coefficient (Wildman–Crippen LogP) is 8.49. The molecule has 12 rings (SSSR count). The van der Waals surface area contributed by atoms with E-state index < -0.39 is 0 Å². The van der Waals surface area contributed by atoms with Crippen molar-refractivity contribution in [3.8, 4) is 22.6 Å². The van der Waals surface area contributed by atoms with Gasteiger partial charge in [0.25, 0.3) is 0 Å². The van der Waals surface area contributed by atoms with Gasteiger partial charge < -0.3 is 48.2 Å². The maximum absolute atomic E-state index is 12.8. The van der Waals surface area contributed by atoms with Crippen LogP contribution in [-0.2, 0) is 41.4 Å². The van der Waals surface area contributed by atoms with Crippen molar-refractivity contribution in [2.45, 2.75) is 84.5 Å². The Morgan fingerprint density at radius 1 is 0.513 bits per heavy atom. The molecule has 0 radical (unpaired) electrons. The number of nitrogens with zero attached hydrogens (tertiary/aromatic N) is 4. The van der Waals surface area contributed by atoms with Gasteiger partial charge in [-0.05, 0) is 99.2 Å². The first-order valence-electron chi connectivity index (χ1n) is 27.0. The maximum Gasteiger partial charge on any atom is 0.238 e. The van der Waals surface area contributed by atoms with Gasteiger partial charge in [-0.15, -0.1) is 0 Å². The number of morpholine rings is 4. The van der Waals surface area contributed by atoms with Gasteiger partial charge in [0, 0.05) is 119 Å². The summed E-state index contributed by atoms with van der Waals surface area (Å²) in [6.07, 6.45) is 1.98. The first-order chi connectivity index (χ1) is 37.8. The van der Waals surface area contributed by atoms with Gasteiger partial charge in [0.2, 0.25) is 11.8 Å². The van der Waals surface area contributed by atoms with E-state index in [-0.39, 0.29) is 47.1 Å². The minimum Gasteiger partial charge on any atom is -0.440 e. The highest BCUT2D eigenvalue weighted by atomic mass is 32.2. The molecule has 408 valence electrons. The van der Waals surface area contributed by atoms with Crippen LogP contribution >= 0.6 is 23.5 Å².